The van der Waals surface area contributed by atoms with Gasteiger partial charge in [0.1, 0.15) is 5.82 Å². The lowest BCUT2D eigenvalue weighted by Crippen LogP contribution is -2.07. The highest BCUT2D eigenvalue weighted by molar-refractivity contribution is 9.10. The summed E-state index contributed by atoms with van der Waals surface area (Å²) in [5, 5.41) is 10.9. The summed E-state index contributed by atoms with van der Waals surface area (Å²) in [5.74, 6) is 0.879. The molecule has 2 rings (SSSR count). The average Bonchev–Trinajstić information content (AvgIpc) is 2.63. The van der Waals surface area contributed by atoms with Gasteiger partial charge < -0.3 is 5.32 Å². The van der Waals surface area contributed by atoms with Gasteiger partial charge in [-0.05, 0) is 34.5 Å². The highest BCUT2D eigenvalue weighted by Crippen LogP contribution is 2.17. The third kappa shape index (κ3) is 2.38. The number of pyridine rings is 1. The molecule has 16 heavy (non-hydrogen) atoms. The molecule has 0 fully saturated rings. The molecule has 0 aromatic carbocycles. The fourth-order valence-corrected chi connectivity index (χ4v) is 1.82. The van der Waals surface area contributed by atoms with Gasteiger partial charge in [-0.2, -0.15) is 0 Å². The van der Waals surface area contributed by atoms with Gasteiger partial charge in [-0.3, -0.25) is 4.68 Å². The van der Waals surface area contributed by atoms with E-state index in [1.165, 1.54) is 0 Å². The Balaban J connectivity index is 2.08. The Morgan fingerprint density at radius 3 is 2.88 bits per heavy atom. The lowest BCUT2D eigenvalue weighted by atomic mass is 10.3. The van der Waals surface area contributed by atoms with Crippen molar-refractivity contribution in [2.24, 2.45) is 7.05 Å². The summed E-state index contributed by atoms with van der Waals surface area (Å²) < 4.78 is 2.72. The molecule has 0 aliphatic carbocycles. The van der Waals surface area contributed by atoms with Crippen LogP contribution in [-0.2, 0) is 13.6 Å². The standard InChI is InChI=1S/C10H12BrN5/c1-7-3-8(11)4-12-10(7)13-5-9-6-14-15-16(9)2/h3-4,6H,5H2,1-2H3,(H,12,13). The third-order valence-corrected chi connectivity index (χ3v) is 2.72. The molecule has 0 spiro atoms. The maximum absolute atomic E-state index is 4.30. The zero-order valence-corrected chi connectivity index (χ0v) is 10.7. The number of aryl methyl sites for hydroxylation is 2. The van der Waals surface area contributed by atoms with Crippen LogP contribution in [0.4, 0.5) is 5.82 Å². The molecule has 0 aliphatic rings. The van der Waals surface area contributed by atoms with Gasteiger partial charge in [-0.25, -0.2) is 4.98 Å². The molecule has 0 radical (unpaired) electrons. The summed E-state index contributed by atoms with van der Waals surface area (Å²) in [4.78, 5) is 4.30. The van der Waals surface area contributed by atoms with Crippen LogP contribution in [0.5, 0.6) is 0 Å². The van der Waals surface area contributed by atoms with Crippen LogP contribution in [-0.4, -0.2) is 20.0 Å². The van der Waals surface area contributed by atoms with Crippen LogP contribution in [0.2, 0.25) is 0 Å². The molecule has 1 N–H and O–H groups in total. The summed E-state index contributed by atoms with van der Waals surface area (Å²) in [6.45, 7) is 2.68. The fourth-order valence-electron chi connectivity index (χ4n) is 1.37. The molecule has 0 saturated carbocycles. The van der Waals surface area contributed by atoms with E-state index in [2.05, 4.69) is 36.5 Å². The van der Waals surface area contributed by atoms with Gasteiger partial charge in [0.05, 0.1) is 18.4 Å². The monoisotopic (exact) mass is 281 g/mol. The fraction of sp³-hybridized carbons (Fsp3) is 0.300. The Hall–Kier alpha value is -1.43. The van der Waals surface area contributed by atoms with Crippen molar-refractivity contribution in [3.05, 3.63) is 34.2 Å². The number of aromatic nitrogens is 4. The smallest absolute Gasteiger partial charge is 0.129 e. The number of hydrogen-bond acceptors (Lipinski definition) is 4. The number of hydrogen-bond donors (Lipinski definition) is 1. The van der Waals surface area contributed by atoms with Crippen LogP contribution in [0.15, 0.2) is 22.9 Å². The van der Waals surface area contributed by atoms with Crippen molar-refractivity contribution in [1.29, 1.82) is 0 Å². The number of nitrogens with zero attached hydrogens (tertiary/aromatic N) is 4. The summed E-state index contributed by atoms with van der Waals surface area (Å²) >= 11 is 3.38. The van der Waals surface area contributed by atoms with Crippen LogP contribution >= 0.6 is 15.9 Å². The molecule has 2 aromatic heterocycles. The first-order valence-electron chi connectivity index (χ1n) is 4.86. The van der Waals surface area contributed by atoms with Gasteiger partial charge in [0, 0.05) is 17.7 Å². The summed E-state index contributed by atoms with van der Waals surface area (Å²) in [5.41, 5.74) is 2.12. The van der Waals surface area contributed by atoms with E-state index in [0.29, 0.717) is 6.54 Å². The maximum atomic E-state index is 4.30. The molecule has 84 valence electrons. The van der Waals surface area contributed by atoms with Crippen molar-refractivity contribution in [1.82, 2.24) is 20.0 Å². The molecule has 0 aliphatic heterocycles. The van der Waals surface area contributed by atoms with Crippen molar-refractivity contribution < 1.29 is 0 Å². The second kappa shape index (κ2) is 4.61. The number of anilines is 1. The molecule has 0 amide bonds. The summed E-state index contributed by atoms with van der Waals surface area (Å²) in [7, 11) is 1.87. The zero-order valence-electron chi connectivity index (χ0n) is 9.11. The van der Waals surface area contributed by atoms with Gasteiger partial charge in [-0.1, -0.05) is 5.21 Å². The van der Waals surface area contributed by atoms with Crippen molar-refractivity contribution in [3.63, 3.8) is 0 Å². The van der Waals surface area contributed by atoms with Gasteiger partial charge in [0.2, 0.25) is 0 Å². The van der Waals surface area contributed by atoms with Gasteiger partial charge in [0.25, 0.3) is 0 Å². The molecule has 0 atom stereocenters. The molecular weight excluding hydrogens is 270 g/mol. The Morgan fingerprint density at radius 1 is 1.44 bits per heavy atom. The predicted octanol–water partition coefficient (Wildman–Crippen LogP) is 1.89. The first kappa shape index (κ1) is 11.1. The largest absolute Gasteiger partial charge is 0.364 e. The molecule has 0 unspecified atom stereocenters. The van der Waals surface area contributed by atoms with Crippen LogP contribution in [0.1, 0.15) is 11.3 Å². The van der Waals surface area contributed by atoms with E-state index in [9.17, 15) is 0 Å². The zero-order chi connectivity index (χ0) is 11.5. The Kier molecular flexibility index (Phi) is 3.19. The Bertz CT molecular complexity index is 494. The van der Waals surface area contributed by atoms with Gasteiger partial charge in [0.15, 0.2) is 0 Å². The lowest BCUT2D eigenvalue weighted by molar-refractivity contribution is 0.683. The molecule has 0 bridgehead atoms. The molecule has 2 aromatic rings. The highest BCUT2D eigenvalue weighted by Gasteiger charge is 2.03. The molecule has 5 nitrogen and oxygen atoms in total. The molecular formula is C10H12BrN5. The molecule has 0 saturated heterocycles. The van der Waals surface area contributed by atoms with Crippen molar-refractivity contribution in [2.75, 3.05) is 5.32 Å². The SMILES string of the molecule is Cc1cc(Br)cnc1NCc1cnnn1C. The van der Waals surface area contributed by atoms with E-state index < -0.39 is 0 Å². The van der Waals surface area contributed by atoms with E-state index in [1.54, 1.807) is 17.1 Å². The van der Waals surface area contributed by atoms with Crippen molar-refractivity contribution >= 4 is 21.7 Å². The third-order valence-electron chi connectivity index (χ3n) is 2.29. The van der Waals surface area contributed by atoms with E-state index in [0.717, 1.165) is 21.5 Å². The second-order valence-electron chi connectivity index (χ2n) is 3.52. The first-order chi connectivity index (χ1) is 7.66. The van der Waals surface area contributed by atoms with E-state index in [-0.39, 0.29) is 0 Å². The molecule has 2 heterocycles. The minimum absolute atomic E-state index is 0.666. The van der Waals surface area contributed by atoms with Gasteiger partial charge >= 0.3 is 0 Å². The van der Waals surface area contributed by atoms with Crippen LogP contribution in [0.3, 0.4) is 0 Å². The minimum atomic E-state index is 0.666. The summed E-state index contributed by atoms with van der Waals surface area (Å²) in [6.07, 6.45) is 3.51. The van der Waals surface area contributed by atoms with E-state index >= 15 is 0 Å². The van der Waals surface area contributed by atoms with Crippen LogP contribution < -0.4 is 5.32 Å². The average molecular weight is 282 g/mol. The van der Waals surface area contributed by atoms with Crippen LogP contribution in [0.25, 0.3) is 0 Å². The predicted molar refractivity (Wildman–Crippen MR) is 65.0 cm³/mol. The minimum Gasteiger partial charge on any atom is -0.364 e. The topological polar surface area (TPSA) is 55.6 Å². The van der Waals surface area contributed by atoms with Crippen molar-refractivity contribution in [2.45, 2.75) is 13.5 Å². The highest BCUT2D eigenvalue weighted by atomic mass is 79.9. The normalized spacial score (nSPS) is 10.4. The Morgan fingerprint density at radius 2 is 2.25 bits per heavy atom. The molecule has 6 heteroatoms. The van der Waals surface area contributed by atoms with Crippen LogP contribution in [0, 0.1) is 6.92 Å². The lowest BCUT2D eigenvalue weighted by Gasteiger charge is -2.08. The number of halogens is 1. The first-order valence-corrected chi connectivity index (χ1v) is 5.65. The summed E-state index contributed by atoms with van der Waals surface area (Å²) in [6, 6.07) is 2.02. The van der Waals surface area contributed by atoms with E-state index in [1.807, 2.05) is 20.0 Å². The maximum Gasteiger partial charge on any atom is 0.129 e. The Labute approximate surface area is 102 Å². The van der Waals surface area contributed by atoms with E-state index in [4.69, 9.17) is 0 Å². The quantitative estimate of drug-likeness (QED) is 0.934. The van der Waals surface area contributed by atoms with Gasteiger partial charge in [-0.15, -0.1) is 5.10 Å². The van der Waals surface area contributed by atoms with Crippen molar-refractivity contribution in [3.8, 4) is 0 Å². The number of rotatable bonds is 3. The number of nitrogens with one attached hydrogen (secondary N) is 1. The second-order valence-corrected chi connectivity index (χ2v) is 4.44.